The van der Waals surface area contributed by atoms with Crippen LogP contribution in [0.25, 0.3) is 0 Å². The van der Waals surface area contributed by atoms with Gasteiger partial charge < -0.3 is 4.90 Å². The van der Waals surface area contributed by atoms with Crippen molar-refractivity contribution >= 4 is 54.1 Å². The van der Waals surface area contributed by atoms with Gasteiger partial charge in [0.1, 0.15) is 0 Å². The molecule has 7 nitrogen and oxygen atoms in total. The van der Waals surface area contributed by atoms with Crippen LogP contribution in [0.15, 0.2) is 75.7 Å². The summed E-state index contributed by atoms with van der Waals surface area (Å²) in [7, 11) is -4.99. The van der Waals surface area contributed by atoms with Crippen LogP contribution in [-0.4, -0.2) is 13.1 Å². The second-order valence-electron chi connectivity index (χ2n) is 7.43. The van der Waals surface area contributed by atoms with Gasteiger partial charge >= 0.3 is 16.5 Å². The molecular formula is C23H21Br2NO6P2+2. The van der Waals surface area contributed by atoms with Crippen molar-refractivity contribution in [1.82, 2.24) is 0 Å². The standard InChI is InChI=1S/C23H21Br2NO6P2/c24-17-4-8-20(9-5-17)29-33(27)31-22-14-19(26-12-2-1-3-13-26)15-23(16-22)32-34(28)30-21-10-6-18(25)7-11-21/h4-11,14-16H,1-3,12-13H2/q+2. The van der Waals surface area contributed by atoms with E-state index >= 15 is 0 Å². The Hall–Kier alpha value is -2.18. The minimum absolute atomic E-state index is 0.281. The lowest BCUT2D eigenvalue weighted by Gasteiger charge is -2.28. The smallest absolute Gasteiger partial charge is 0.371 e. The fourth-order valence-electron chi connectivity index (χ4n) is 3.37. The van der Waals surface area contributed by atoms with Gasteiger partial charge in [-0.2, -0.15) is 0 Å². The molecule has 0 spiro atoms. The van der Waals surface area contributed by atoms with Crippen molar-refractivity contribution in [2.45, 2.75) is 19.3 Å². The summed E-state index contributed by atoms with van der Waals surface area (Å²) in [6, 6.07) is 18.9. The number of piperidine rings is 1. The highest BCUT2D eigenvalue weighted by Gasteiger charge is 2.29. The zero-order valence-electron chi connectivity index (χ0n) is 17.9. The summed E-state index contributed by atoms with van der Waals surface area (Å²) < 4.78 is 48.7. The molecule has 1 heterocycles. The Morgan fingerprint density at radius 2 is 1.00 bits per heavy atom. The first-order valence-electron chi connectivity index (χ1n) is 10.5. The highest BCUT2D eigenvalue weighted by atomic mass is 79.9. The summed E-state index contributed by atoms with van der Waals surface area (Å²) >= 11 is 6.70. The first-order chi connectivity index (χ1) is 16.4. The molecule has 1 fully saturated rings. The van der Waals surface area contributed by atoms with E-state index in [0.29, 0.717) is 11.5 Å². The molecule has 176 valence electrons. The van der Waals surface area contributed by atoms with Crippen LogP contribution in [0.2, 0.25) is 0 Å². The molecule has 0 amide bonds. The molecule has 11 heteroatoms. The largest absolute Gasteiger partial charge is 0.805 e. The van der Waals surface area contributed by atoms with Crippen LogP contribution in [-0.2, 0) is 9.13 Å². The van der Waals surface area contributed by atoms with Gasteiger partial charge in [-0.05, 0) is 67.8 Å². The van der Waals surface area contributed by atoms with E-state index in [9.17, 15) is 9.13 Å². The average Bonchev–Trinajstić information content (AvgIpc) is 2.82. The van der Waals surface area contributed by atoms with E-state index in [0.717, 1.165) is 40.6 Å². The molecule has 2 unspecified atom stereocenters. The van der Waals surface area contributed by atoms with Crippen molar-refractivity contribution in [2.75, 3.05) is 18.0 Å². The van der Waals surface area contributed by atoms with Crippen LogP contribution in [0.3, 0.4) is 0 Å². The van der Waals surface area contributed by atoms with Crippen LogP contribution < -0.4 is 23.0 Å². The van der Waals surface area contributed by atoms with E-state index in [1.165, 1.54) is 12.5 Å². The number of anilines is 1. The van der Waals surface area contributed by atoms with Crippen molar-refractivity contribution < 1.29 is 27.2 Å². The van der Waals surface area contributed by atoms with Gasteiger partial charge in [0, 0.05) is 55.1 Å². The lowest BCUT2D eigenvalue weighted by molar-refractivity contribution is 0.409. The average molecular weight is 629 g/mol. The molecule has 4 rings (SSSR count). The molecular weight excluding hydrogens is 608 g/mol. The molecule has 1 aliphatic heterocycles. The zero-order chi connectivity index (χ0) is 23.9. The highest BCUT2D eigenvalue weighted by Crippen LogP contribution is 2.39. The van der Waals surface area contributed by atoms with Crippen LogP contribution in [0.5, 0.6) is 23.0 Å². The van der Waals surface area contributed by atoms with E-state index in [1.807, 2.05) is 0 Å². The van der Waals surface area contributed by atoms with Crippen molar-refractivity contribution in [3.05, 3.63) is 75.7 Å². The lowest BCUT2D eigenvalue weighted by Crippen LogP contribution is -2.29. The lowest BCUT2D eigenvalue weighted by atomic mass is 10.1. The van der Waals surface area contributed by atoms with Crippen LogP contribution in [0.4, 0.5) is 5.69 Å². The number of rotatable bonds is 9. The molecule has 2 atom stereocenters. The van der Waals surface area contributed by atoms with Gasteiger partial charge in [0.2, 0.25) is 0 Å². The van der Waals surface area contributed by atoms with Crippen LogP contribution >= 0.6 is 48.4 Å². The molecule has 3 aromatic rings. The molecule has 3 aromatic carbocycles. The number of halogens is 2. The first kappa shape index (κ1) is 24.9. The Balaban J connectivity index is 1.49. The Morgan fingerprint density at radius 1 is 0.588 bits per heavy atom. The Kier molecular flexibility index (Phi) is 8.79. The monoisotopic (exact) mass is 627 g/mol. The van der Waals surface area contributed by atoms with Crippen molar-refractivity contribution in [3.8, 4) is 23.0 Å². The molecule has 1 saturated heterocycles. The molecule has 0 aromatic heterocycles. The van der Waals surface area contributed by atoms with Crippen molar-refractivity contribution in [1.29, 1.82) is 0 Å². The van der Waals surface area contributed by atoms with E-state index in [1.54, 1.807) is 60.7 Å². The minimum atomic E-state index is -2.50. The second-order valence-corrected chi connectivity index (χ2v) is 10.9. The van der Waals surface area contributed by atoms with Gasteiger partial charge in [0.05, 0.1) is 0 Å². The van der Waals surface area contributed by atoms with Gasteiger partial charge in [0.25, 0.3) is 0 Å². The highest BCUT2D eigenvalue weighted by molar-refractivity contribution is 9.10. The van der Waals surface area contributed by atoms with Gasteiger partial charge in [-0.3, -0.25) is 0 Å². The third-order valence-corrected chi connectivity index (χ3v) is 7.43. The Morgan fingerprint density at radius 3 is 1.44 bits per heavy atom. The molecule has 1 aliphatic rings. The SMILES string of the molecule is O=[P+](Oc1ccc(Br)cc1)Oc1cc(O[P+](=O)Oc2ccc(Br)cc2)cc(N2CCCCC2)c1. The summed E-state index contributed by atoms with van der Waals surface area (Å²) in [6.45, 7) is 1.76. The summed E-state index contributed by atoms with van der Waals surface area (Å²) in [4.78, 5) is 2.19. The van der Waals surface area contributed by atoms with Gasteiger partial charge in [-0.1, -0.05) is 31.9 Å². The van der Waals surface area contributed by atoms with Crippen LogP contribution in [0, 0.1) is 0 Å². The number of hydrogen-bond donors (Lipinski definition) is 0. The molecule has 0 N–H and O–H groups in total. The Bertz CT molecular complexity index is 1080. The van der Waals surface area contributed by atoms with Gasteiger partial charge in [0.15, 0.2) is 23.0 Å². The van der Waals surface area contributed by atoms with E-state index in [4.69, 9.17) is 18.1 Å². The van der Waals surface area contributed by atoms with Crippen molar-refractivity contribution in [3.63, 3.8) is 0 Å². The molecule has 0 aliphatic carbocycles. The Labute approximate surface area is 216 Å². The van der Waals surface area contributed by atoms with Crippen molar-refractivity contribution in [2.24, 2.45) is 0 Å². The topological polar surface area (TPSA) is 74.3 Å². The quantitative estimate of drug-likeness (QED) is 0.220. The summed E-state index contributed by atoms with van der Waals surface area (Å²) in [5.41, 5.74) is 0.825. The maximum Gasteiger partial charge on any atom is 0.805 e. The zero-order valence-corrected chi connectivity index (χ0v) is 22.9. The fraction of sp³-hybridized carbons (Fsp3) is 0.217. The number of benzene rings is 3. The number of hydrogen-bond acceptors (Lipinski definition) is 7. The first-order valence-corrected chi connectivity index (χ1v) is 14.3. The predicted molar refractivity (Wildman–Crippen MR) is 139 cm³/mol. The second kappa shape index (κ2) is 12.0. The summed E-state index contributed by atoms with van der Waals surface area (Å²) in [6.07, 6.45) is 3.32. The summed E-state index contributed by atoms with van der Waals surface area (Å²) in [5.74, 6) is 1.39. The van der Waals surface area contributed by atoms with Crippen LogP contribution in [0.1, 0.15) is 19.3 Å². The maximum atomic E-state index is 12.5. The molecule has 0 saturated carbocycles. The third-order valence-electron chi connectivity index (χ3n) is 4.93. The van der Waals surface area contributed by atoms with E-state index < -0.39 is 16.5 Å². The molecule has 0 bridgehead atoms. The van der Waals surface area contributed by atoms with E-state index in [-0.39, 0.29) is 11.5 Å². The third kappa shape index (κ3) is 7.41. The fourth-order valence-corrected chi connectivity index (χ4v) is 5.12. The molecule has 34 heavy (non-hydrogen) atoms. The maximum absolute atomic E-state index is 12.5. The minimum Gasteiger partial charge on any atom is -0.371 e. The number of nitrogens with zero attached hydrogens (tertiary/aromatic N) is 1. The van der Waals surface area contributed by atoms with Gasteiger partial charge in [-0.25, -0.2) is 18.1 Å². The summed E-state index contributed by atoms with van der Waals surface area (Å²) in [5, 5.41) is 0. The van der Waals surface area contributed by atoms with E-state index in [2.05, 4.69) is 36.8 Å². The molecule has 0 radical (unpaired) electrons. The predicted octanol–water partition coefficient (Wildman–Crippen LogP) is 8.43. The normalized spacial score (nSPS) is 14.2. The van der Waals surface area contributed by atoms with Gasteiger partial charge in [-0.15, -0.1) is 0 Å².